The fourth-order valence-corrected chi connectivity index (χ4v) is 3.05. The lowest BCUT2D eigenvalue weighted by atomic mass is 10.1. The van der Waals surface area contributed by atoms with E-state index in [2.05, 4.69) is 4.72 Å². The summed E-state index contributed by atoms with van der Waals surface area (Å²) in [6, 6.07) is 6.04. The van der Waals surface area contributed by atoms with Crippen molar-refractivity contribution < 1.29 is 22.7 Å². The molecule has 2 atom stereocenters. The van der Waals surface area contributed by atoms with Crippen LogP contribution in [0.3, 0.4) is 0 Å². The van der Waals surface area contributed by atoms with E-state index in [0.717, 1.165) is 0 Å². The molecule has 1 aliphatic heterocycles. The molecule has 0 radical (unpaired) electrons. The lowest BCUT2D eigenvalue weighted by molar-refractivity contribution is -0.00926. The highest BCUT2D eigenvalue weighted by Gasteiger charge is 2.30. The molecule has 2 rings (SSSR count). The summed E-state index contributed by atoms with van der Waals surface area (Å²) in [4.78, 5) is 11.0. The van der Waals surface area contributed by atoms with Crippen molar-refractivity contribution in [3.8, 4) is 5.75 Å². The Morgan fingerprint density at radius 2 is 2.09 bits per heavy atom. The van der Waals surface area contributed by atoms with Gasteiger partial charge in [0.1, 0.15) is 11.9 Å². The molecular weight excluding hydrogens is 308 g/mol. The second-order valence-electron chi connectivity index (χ2n) is 5.04. The largest absolute Gasteiger partial charge is 0.486 e. The van der Waals surface area contributed by atoms with E-state index in [1.54, 1.807) is 31.2 Å². The molecule has 0 saturated carbocycles. The summed E-state index contributed by atoms with van der Waals surface area (Å²) in [7, 11) is -3.31. The van der Waals surface area contributed by atoms with E-state index in [-0.39, 0.29) is 11.8 Å². The van der Waals surface area contributed by atoms with Gasteiger partial charge >= 0.3 is 0 Å². The van der Waals surface area contributed by atoms with E-state index >= 15 is 0 Å². The van der Waals surface area contributed by atoms with Gasteiger partial charge in [-0.25, -0.2) is 13.1 Å². The number of carbonyl (C=O) groups excluding carboxylic acids is 1. The van der Waals surface area contributed by atoms with Crippen molar-refractivity contribution in [1.82, 2.24) is 4.72 Å². The maximum Gasteiger partial charge on any atom is 0.248 e. The van der Waals surface area contributed by atoms with E-state index in [0.29, 0.717) is 30.9 Å². The molecule has 0 unspecified atom stereocenters. The van der Waals surface area contributed by atoms with Crippen LogP contribution in [0, 0.1) is 0 Å². The number of ether oxygens (including phenoxy) is 2. The van der Waals surface area contributed by atoms with Crippen LogP contribution in [0.1, 0.15) is 23.7 Å². The average molecular weight is 328 g/mol. The Morgan fingerprint density at radius 3 is 2.68 bits per heavy atom. The number of carbonyl (C=O) groups is 1. The number of nitrogens with one attached hydrogen (secondary N) is 1. The highest BCUT2D eigenvalue weighted by Crippen LogP contribution is 2.19. The molecule has 1 saturated heterocycles. The van der Waals surface area contributed by atoms with E-state index in [9.17, 15) is 13.2 Å². The predicted molar refractivity (Wildman–Crippen MR) is 81.2 cm³/mol. The van der Waals surface area contributed by atoms with Crippen LogP contribution in [0.2, 0.25) is 0 Å². The molecule has 1 heterocycles. The second-order valence-corrected chi connectivity index (χ2v) is 7.08. The Labute approximate surface area is 129 Å². The minimum absolute atomic E-state index is 0.0182. The molecule has 1 aromatic rings. The monoisotopic (exact) mass is 328 g/mol. The third-order valence-corrected chi connectivity index (χ3v) is 4.86. The summed E-state index contributed by atoms with van der Waals surface area (Å²) in [5.74, 6) is 0.0343. The van der Waals surface area contributed by atoms with Crippen molar-refractivity contribution in [3.63, 3.8) is 0 Å². The van der Waals surface area contributed by atoms with E-state index < -0.39 is 22.0 Å². The molecule has 122 valence electrons. The molecule has 0 aliphatic carbocycles. The molecule has 0 spiro atoms. The first kappa shape index (κ1) is 16.7. The summed E-state index contributed by atoms with van der Waals surface area (Å²) in [6.07, 6.45) is 0.123. The number of primary amides is 1. The fourth-order valence-electron chi connectivity index (χ4n) is 2.15. The average Bonchev–Trinajstić information content (AvgIpc) is 2.49. The van der Waals surface area contributed by atoms with Crippen LogP contribution in [0.5, 0.6) is 5.75 Å². The second kappa shape index (κ2) is 7.08. The highest BCUT2D eigenvalue weighted by atomic mass is 32.2. The van der Waals surface area contributed by atoms with Gasteiger partial charge in [-0.05, 0) is 37.6 Å². The van der Waals surface area contributed by atoms with Gasteiger partial charge in [0.05, 0.1) is 18.4 Å². The van der Waals surface area contributed by atoms with Gasteiger partial charge in [0.25, 0.3) is 0 Å². The molecule has 0 aromatic heterocycles. The Kier molecular flexibility index (Phi) is 5.38. The molecule has 0 bridgehead atoms. The number of amides is 1. The van der Waals surface area contributed by atoms with Crippen LogP contribution in [0.15, 0.2) is 24.3 Å². The van der Waals surface area contributed by atoms with Crippen LogP contribution in [0.4, 0.5) is 0 Å². The summed E-state index contributed by atoms with van der Waals surface area (Å²) in [5, 5.41) is 0. The predicted octanol–water partition coefficient (Wildman–Crippen LogP) is 0.261. The maximum atomic E-state index is 11.7. The Hall–Kier alpha value is -1.64. The molecule has 1 fully saturated rings. The number of benzene rings is 1. The molecular formula is C14H20N2O5S. The van der Waals surface area contributed by atoms with Crippen molar-refractivity contribution in [2.75, 3.05) is 19.0 Å². The molecule has 7 nitrogen and oxygen atoms in total. The van der Waals surface area contributed by atoms with Crippen LogP contribution in [0.25, 0.3) is 0 Å². The normalized spacial score (nSPS) is 22.2. The first-order valence-corrected chi connectivity index (χ1v) is 8.71. The zero-order valence-corrected chi connectivity index (χ0v) is 13.1. The minimum atomic E-state index is -3.31. The highest BCUT2D eigenvalue weighted by molar-refractivity contribution is 7.89. The van der Waals surface area contributed by atoms with Crippen LogP contribution in [-0.4, -0.2) is 45.4 Å². The molecule has 3 N–H and O–H groups in total. The number of hydrogen-bond donors (Lipinski definition) is 2. The number of rotatable bonds is 6. The van der Waals surface area contributed by atoms with Crippen LogP contribution < -0.4 is 15.2 Å². The van der Waals surface area contributed by atoms with E-state index in [1.807, 2.05) is 0 Å². The molecule has 22 heavy (non-hydrogen) atoms. The van der Waals surface area contributed by atoms with E-state index in [1.165, 1.54) is 0 Å². The quantitative estimate of drug-likeness (QED) is 0.779. The number of sulfonamides is 1. The third-order valence-electron chi connectivity index (χ3n) is 3.44. The minimum Gasteiger partial charge on any atom is -0.486 e. The van der Waals surface area contributed by atoms with Crippen molar-refractivity contribution in [2.45, 2.75) is 25.5 Å². The van der Waals surface area contributed by atoms with Gasteiger partial charge in [-0.3, -0.25) is 4.79 Å². The Bertz CT molecular complexity index is 615. The summed E-state index contributed by atoms with van der Waals surface area (Å²) in [6.45, 7) is 2.37. The van der Waals surface area contributed by atoms with Crippen molar-refractivity contribution in [3.05, 3.63) is 29.8 Å². The lowest BCUT2D eigenvalue weighted by Crippen LogP contribution is -2.51. The molecule has 1 aromatic carbocycles. The smallest absolute Gasteiger partial charge is 0.248 e. The van der Waals surface area contributed by atoms with Gasteiger partial charge in [0.15, 0.2) is 0 Å². The van der Waals surface area contributed by atoms with Gasteiger partial charge in [-0.1, -0.05) is 0 Å². The summed E-state index contributed by atoms with van der Waals surface area (Å²) < 4.78 is 37.2. The van der Waals surface area contributed by atoms with Gasteiger partial charge in [0.2, 0.25) is 15.9 Å². The Balaban J connectivity index is 2.06. The van der Waals surface area contributed by atoms with Crippen LogP contribution in [-0.2, 0) is 14.8 Å². The summed E-state index contributed by atoms with van der Waals surface area (Å²) in [5.41, 5.74) is 5.56. The van der Waals surface area contributed by atoms with Gasteiger partial charge in [0, 0.05) is 12.2 Å². The summed E-state index contributed by atoms with van der Waals surface area (Å²) >= 11 is 0. The SMILES string of the molecule is CCS(=O)(=O)N[C@@H]1CCOC[C@H]1Oc1ccc(C(N)=O)cc1. The van der Waals surface area contributed by atoms with Gasteiger partial charge < -0.3 is 15.2 Å². The fraction of sp³-hybridized carbons (Fsp3) is 0.500. The topological polar surface area (TPSA) is 108 Å². The first-order chi connectivity index (χ1) is 10.4. The zero-order valence-electron chi connectivity index (χ0n) is 12.3. The standard InChI is InChI=1S/C14H20N2O5S/c1-2-22(18,19)16-12-7-8-20-9-13(12)21-11-5-3-10(4-6-11)14(15)17/h3-6,12-13,16H,2,7-9H2,1H3,(H2,15,17)/t12-,13-/m1/s1. The third kappa shape index (κ3) is 4.43. The van der Waals surface area contributed by atoms with Crippen molar-refractivity contribution >= 4 is 15.9 Å². The lowest BCUT2D eigenvalue weighted by Gasteiger charge is -2.32. The number of nitrogens with two attached hydrogens (primary N) is 1. The zero-order chi connectivity index (χ0) is 16.2. The maximum absolute atomic E-state index is 11.7. The number of hydrogen-bond acceptors (Lipinski definition) is 5. The van der Waals surface area contributed by atoms with Crippen LogP contribution >= 0.6 is 0 Å². The van der Waals surface area contributed by atoms with Gasteiger partial charge in [-0.15, -0.1) is 0 Å². The molecule has 1 aliphatic rings. The van der Waals surface area contributed by atoms with E-state index in [4.69, 9.17) is 15.2 Å². The van der Waals surface area contributed by atoms with Crippen molar-refractivity contribution in [1.29, 1.82) is 0 Å². The first-order valence-electron chi connectivity index (χ1n) is 7.05. The Morgan fingerprint density at radius 1 is 1.41 bits per heavy atom. The van der Waals surface area contributed by atoms with Gasteiger partial charge in [-0.2, -0.15) is 0 Å². The molecule has 8 heteroatoms. The molecule has 1 amide bonds. The van der Waals surface area contributed by atoms with Crippen molar-refractivity contribution in [2.24, 2.45) is 5.73 Å².